The molecule has 1 atom stereocenters. The number of rotatable bonds is 9. The first-order valence-electron chi connectivity index (χ1n) is 10.7. The number of amides is 2. The number of hydrogen-bond donors (Lipinski definition) is 1. The first kappa shape index (κ1) is 25.2. The van der Waals surface area contributed by atoms with Crippen molar-refractivity contribution in [2.75, 3.05) is 6.54 Å². The summed E-state index contributed by atoms with van der Waals surface area (Å²) in [5.74, 6) is 0.0274. The van der Waals surface area contributed by atoms with Crippen LogP contribution in [0.1, 0.15) is 49.4 Å². The van der Waals surface area contributed by atoms with E-state index >= 15 is 0 Å². The van der Waals surface area contributed by atoms with Crippen LogP contribution in [0.3, 0.4) is 0 Å². The van der Waals surface area contributed by atoms with Crippen molar-refractivity contribution in [2.24, 2.45) is 5.92 Å². The Balaban J connectivity index is 2.37. The Kier molecular flexibility index (Phi) is 9.39. The molecule has 1 unspecified atom stereocenters. The number of aryl methyl sites for hydroxylation is 2. The van der Waals surface area contributed by atoms with E-state index in [1.165, 1.54) is 0 Å². The minimum Gasteiger partial charge on any atom is -0.354 e. The summed E-state index contributed by atoms with van der Waals surface area (Å²) in [5.41, 5.74) is 3.78. The van der Waals surface area contributed by atoms with Crippen molar-refractivity contribution in [3.05, 3.63) is 68.7 Å². The van der Waals surface area contributed by atoms with Crippen LogP contribution in [0.4, 0.5) is 0 Å². The molecule has 0 fully saturated rings. The summed E-state index contributed by atoms with van der Waals surface area (Å²) in [6.45, 7) is 10.7. The highest BCUT2D eigenvalue weighted by Gasteiger charge is 2.29. The zero-order valence-electron chi connectivity index (χ0n) is 19.0. The standard InChI is InChI=1S/C25H32Cl2N2O2/c1-6-23(25(31)28-14-16(2)3)29(15-20-21(26)8-7-9-22(20)27)24(30)13-19-11-17(4)10-18(5)12-19/h7-12,16,23H,6,13-15H2,1-5H3,(H,28,31). The van der Waals surface area contributed by atoms with Crippen LogP contribution in [0.15, 0.2) is 36.4 Å². The zero-order valence-corrected chi connectivity index (χ0v) is 20.5. The van der Waals surface area contributed by atoms with Gasteiger partial charge in [-0.15, -0.1) is 0 Å². The molecule has 6 heteroatoms. The van der Waals surface area contributed by atoms with Crippen molar-refractivity contribution in [2.45, 2.75) is 60.0 Å². The molecule has 0 saturated carbocycles. The van der Waals surface area contributed by atoms with Crippen LogP contribution in [0.5, 0.6) is 0 Å². The maximum absolute atomic E-state index is 13.5. The van der Waals surface area contributed by atoms with Crippen LogP contribution in [-0.4, -0.2) is 29.3 Å². The fraction of sp³-hybridized carbons (Fsp3) is 0.440. The first-order chi connectivity index (χ1) is 14.6. The lowest BCUT2D eigenvalue weighted by Crippen LogP contribution is -2.50. The second-order valence-electron chi connectivity index (χ2n) is 8.46. The molecular formula is C25H32Cl2N2O2. The lowest BCUT2D eigenvalue weighted by Gasteiger charge is -2.31. The minimum absolute atomic E-state index is 0.132. The van der Waals surface area contributed by atoms with Crippen LogP contribution < -0.4 is 5.32 Å². The smallest absolute Gasteiger partial charge is 0.242 e. The van der Waals surface area contributed by atoms with Gasteiger partial charge in [0.1, 0.15) is 6.04 Å². The van der Waals surface area contributed by atoms with E-state index in [4.69, 9.17) is 23.2 Å². The third-order valence-corrected chi connectivity index (χ3v) is 5.81. The van der Waals surface area contributed by atoms with Crippen LogP contribution in [0.2, 0.25) is 10.0 Å². The largest absolute Gasteiger partial charge is 0.354 e. The Hall–Kier alpha value is -2.04. The highest BCUT2D eigenvalue weighted by molar-refractivity contribution is 6.36. The third kappa shape index (κ3) is 7.26. The molecule has 0 aliphatic carbocycles. The fourth-order valence-corrected chi connectivity index (χ4v) is 4.16. The highest BCUT2D eigenvalue weighted by Crippen LogP contribution is 2.27. The Morgan fingerprint density at radius 2 is 1.61 bits per heavy atom. The average Bonchev–Trinajstić information content (AvgIpc) is 2.67. The number of hydrogen-bond acceptors (Lipinski definition) is 2. The minimum atomic E-state index is -0.607. The second kappa shape index (κ2) is 11.5. The Bertz CT molecular complexity index is 887. The zero-order chi connectivity index (χ0) is 23.1. The SMILES string of the molecule is CCC(C(=O)NCC(C)C)N(Cc1c(Cl)cccc1Cl)C(=O)Cc1cc(C)cc(C)c1. The third-order valence-electron chi connectivity index (χ3n) is 5.10. The van der Waals surface area contributed by atoms with Crippen LogP contribution in [-0.2, 0) is 22.6 Å². The maximum Gasteiger partial charge on any atom is 0.242 e. The van der Waals surface area contributed by atoms with Gasteiger partial charge in [-0.05, 0) is 43.9 Å². The maximum atomic E-state index is 13.5. The van der Waals surface area contributed by atoms with E-state index in [1.807, 2.05) is 46.8 Å². The summed E-state index contributed by atoms with van der Waals surface area (Å²) in [6.07, 6.45) is 0.698. The molecule has 0 saturated heterocycles. The fourth-order valence-electron chi connectivity index (χ4n) is 3.64. The molecule has 0 spiro atoms. The Labute approximate surface area is 195 Å². The first-order valence-corrected chi connectivity index (χ1v) is 11.4. The summed E-state index contributed by atoms with van der Waals surface area (Å²) >= 11 is 12.8. The summed E-state index contributed by atoms with van der Waals surface area (Å²) in [7, 11) is 0. The van der Waals surface area contributed by atoms with Crippen LogP contribution in [0, 0.1) is 19.8 Å². The molecule has 4 nitrogen and oxygen atoms in total. The summed E-state index contributed by atoms with van der Waals surface area (Å²) < 4.78 is 0. The van der Waals surface area contributed by atoms with Crippen molar-refractivity contribution < 1.29 is 9.59 Å². The summed E-state index contributed by atoms with van der Waals surface area (Å²) in [5, 5.41) is 3.93. The highest BCUT2D eigenvalue weighted by atomic mass is 35.5. The molecule has 2 aromatic rings. The molecule has 2 aromatic carbocycles. The molecular weight excluding hydrogens is 431 g/mol. The van der Waals surface area contributed by atoms with E-state index < -0.39 is 6.04 Å². The van der Waals surface area contributed by atoms with E-state index in [0.717, 1.165) is 16.7 Å². The van der Waals surface area contributed by atoms with Crippen molar-refractivity contribution in [3.63, 3.8) is 0 Å². The van der Waals surface area contributed by atoms with Gasteiger partial charge in [0.05, 0.1) is 6.42 Å². The lowest BCUT2D eigenvalue weighted by atomic mass is 10.0. The lowest BCUT2D eigenvalue weighted by molar-refractivity contribution is -0.141. The molecule has 0 radical (unpaired) electrons. The molecule has 0 aromatic heterocycles. The number of nitrogens with one attached hydrogen (secondary N) is 1. The van der Waals surface area contributed by atoms with Crippen LogP contribution in [0.25, 0.3) is 0 Å². The van der Waals surface area contributed by atoms with E-state index in [1.54, 1.807) is 23.1 Å². The number of carbonyl (C=O) groups excluding carboxylic acids is 2. The van der Waals surface area contributed by atoms with Gasteiger partial charge in [-0.3, -0.25) is 9.59 Å². The molecule has 0 bridgehead atoms. The molecule has 31 heavy (non-hydrogen) atoms. The van der Waals surface area contributed by atoms with Gasteiger partial charge in [0.15, 0.2) is 0 Å². The monoisotopic (exact) mass is 462 g/mol. The van der Waals surface area contributed by atoms with Gasteiger partial charge in [-0.25, -0.2) is 0 Å². The number of halogens is 2. The summed E-state index contributed by atoms with van der Waals surface area (Å²) in [6, 6.07) is 10.7. The average molecular weight is 463 g/mol. The normalized spacial score (nSPS) is 12.0. The van der Waals surface area contributed by atoms with E-state index in [-0.39, 0.29) is 24.8 Å². The predicted molar refractivity (Wildman–Crippen MR) is 129 cm³/mol. The molecule has 0 aliphatic heterocycles. The molecule has 168 valence electrons. The second-order valence-corrected chi connectivity index (χ2v) is 9.27. The van der Waals surface area contributed by atoms with Gasteiger partial charge in [0, 0.05) is 28.7 Å². The van der Waals surface area contributed by atoms with Gasteiger partial charge in [-0.2, -0.15) is 0 Å². The number of carbonyl (C=O) groups is 2. The van der Waals surface area contributed by atoms with E-state index in [2.05, 4.69) is 11.4 Å². The molecule has 1 N–H and O–H groups in total. The number of benzene rings is 2. The van der Waals surface area contributed by atoms with Crippen molar-refractivity contribution in [1.29, 1.82) is 0 Å². The van der Waals surface area contributed by atoms with Crippen molar-refractivity contribution in [3.8, 4) is 0 Å². The van der Waals surface area contributed by atoms with Gasteiger partial charge in [0.25, 0.3) is 0 Å². The Morgan fingerprint density at radius 1 is 1.03 bits per heavy atom. The van der Waals surface area contributed by atoms with Gasteiger partial charge in [0.2, 0.25) is 11.8 Å². The molecule has 2 amide bonds. The van der Waals surface area contributed by atoms with Crippen molar-refractivity contribution in [1.82, 2.24) is 10.2 Å². The van der Waals surface area contributed by atoms with Crippen molar-refractivity contribution >= 4 is 35.0 Å². The van der Waals surface area contributed by atoms with Gasteiger partial charge >= 0.3 is 0 Å². The van der Waals surface area contributed by atoms with Crippen LogP contribution >= 0.6 is 23.2 Å². The molecule has 2 rings (SSSR count). The predicted octanol–water partition coefficient (Wildman–Crippen LogP) is 5.73. The topological polar surface area (TPSA) is 49.4 Å². The molecule has 0 heterocycles. The molecule has 0 aliphatic rings. The van der Waals surface area contributed by atoms with Gasteiger partial charge in [-0.1, -0.05) is 79.4 Å². The summed E-state index contributed by atoms with van der Waals surface area (Å²) in [4.78, 5) is 28.1. The van der Waals surface area contributed by atoms with Gasteiger partial charge < -0.3 is 10.2 Å². The number of nitrogens with zero attached hydrogens (tertiary/aromatic N) is 1. The van der Waals surface area contributed by atoms with E-state index in [9.17, 15) is 9.59 Å². The quantitative estimate of drug-likeness (QED) is 0.516. The van der Waals surface area contributed by atoms with E-state index in [0.29, 0.717) is 34.5 Å². The Morgan fingerprint density at radius 3 is 2.13 bits per heavy atom.